The maximum Gasteiger partial charge on any atom is 0.151 e. The van der Waals surface area contributed by atoms with Crippen LogP contribution in [0.25, 0.3) is 0 Å². The van der Waals surface area contributed by atoms with Gasteiger partial charge in [-0.2, -0.15) is 5.10 Å². The van der Waals surface area contributed by atoms with E-state index in [1.807, 2.05) is 0 Å². The predicted octanol–water partition coefficient (Wildman–Crippen LogP) is 1.74. The van der Waals surface area contributed by atoms with Gasteiger partial charge in [-0.15, -0.1) is 5.10 Å². The molecule has 0 aromatic carbocycles. The lowest BCUT2D eigenvalue weighted by Gasteiger charge is -2.23. The van der Waals surface area contributed by atoms with Crippen LogP contribution in [0.15, 0.2) is 24.3 Å². The first-order valence-electron chi connectivity index (χ1n) is 6.33. The zero-order valence-electron chi connectivity index (χ0n) is 10.4. The maximum atomic E-state index is 4.28. The minimum Gasteiger partial charge on any atom is -0.351 e. The van der Waals surface area contributed by atoms with Gasteiger partial charge in [0.25, 0.3) is 0 Å². The summed E-state index contributed by atoms with van der Waals surface area (Å²) in [4.78, 5) is 2.25. The molecule has 1 aromatic heterocycles. The Kier molecular flexibility index (Phi) is 4.50. The van der Waals surface area contributed by atoms with E-state index in [-0.39, 0.29) is 0 Å². The summed E-state index contributed by atoms with van der Waals surface area (Å²) in [7, 11) is 0. The second-order valence-electron chi connectivity index (χ2n) is 4.27. The quantitative estimate of drug-likeness (QED) is 0.620. The monoisotopic (exact) mass is 232 g/mol. The van der Waals surface area contributed by atoms with Gasteiger partial charge in [-0.3, -0.25) is 0 Å². The Labute approximate surface area is 103 Å². The van der Waals surface area contributed by atoms with Crippen molar-refractivity contribution < 1.29 is 0 Å². The molecule has 1 N–H and O–H groups in total. The van der Waals surface area contributed by atoms with Crippen LogP contribution in [0.3, 0.4) is 0 Å². The van der Waals surface area contributed by atoms with Gasteiger partial charge in [0, 0.05) is 19.6 Å². The zero-order chi connectivity index (χ0) is 11.9. The van der Waals surface area contributed by atoms with Gasteiger partial charge in [0.05, 0.1) is 5.69 Å². The molecule has 1 aliphatic rings. The Morgan fingerprint density at radius 2 is 2.24 bits per heavy atom. The van der Waals surface area contributed by atoms with Crippen LogP contribution in [0.5, 0.6) is 0 Å². The summed E-state index contributed by atoms with van der Waals surface area (Å²) < 4.78 is 0. The fraction of sp³-hybridized carbons (Fsp3) is 0.538. The molecule has 0 saturated carbocycles. The van der Waals surface area contributed by atoms with Crippen molar-refractivity contribution in [1.82, 2.24) is 15.5 Å². The average Bonchev–Trinajstić information content (AvgIpc) is 2.41. The predicted molar refractivity (Wildman–Crippen MR) is 70.0 cm³/mol. The molecule has 0 atom stereocenters. The summed E-state index contributed by atoms with van der Waals surface area (Å²) in [6.45, 7) is 5.98. The third-order valence-electron chi connectivity index (χ3n) is 2.82. The van der Waals surface area contributed by atoms with Crippen LogP contribution in [0.1, 0.15) is 25.5 Å². The van der Waals surface area contributed by atoms with E-state index in [0.29, 0.717) is 0 Å². The van der Waals surface area contributed by atoms with Crippen LogP contribution in [0.4, 0.5) is 5.82 Å². The SMILES string of the molecule is CCCNCc1ccc(N2CC=CCC2)nn1. The molecule has 1 aliphatic heterocycles. The van der Waals surface area contributed by atoms with Gasteiger partial charge in [-0.1, -0.05) is 19.1 Å². The molecule has 1 aromatic rings. The van der Waals surface area contributed by atoms with Crippen LogP contribution in [-0.4, -0.2) is 29.8 Å². The molecule has 0 unspecified atom stereocenters. The van der Waals surface area contributed by atoms with Crippen molar-refractivity contribution in [2.75, 3.05) is 24.5 Å². The van der Waals surface area contributed by atoms with E-state index < -0.39 is 0 Å². The van der Waals surface area contributed by atoms with Crippen LogP contribution in [0.2, 0.25) is 0 Å². The van der Waals surface area contributed by atoms with E-state index in [2.05, 4.69) is 51.6 Å². The fourth-order valence-electron chi connectivity index (χ4n) is 1.86. The van der Waals surface area contributed by atoms with E-state index in [1.165, 1.54) is 0 Å². The van der Waals surface area contributed by atoms with Gasteiger partial charge in [0.1, 0.15) is 0 Å². The Balaban J connectivity index is 1.90. The number of nitrogens with zero attached hydrogens (tertiary/aromatic N) is 3. The molecule has 92 valence electrons. The summed E-state index contributed by atoms with van der Waals surface area (Å²) in [5.74, 6) is 0.980. The number of nitrogens with one attached hydrogen (secondary N) is 1. The van der Waals surface area contributed by atoms with Crippen LogP contribution in [0, 0.1) is 0 Å². The molecule has 0 fully saturated rings. The second kappa shape index (κ2) is 6.35. The first kappa shape index (κ1) is 12.0. The van der Waals surface area contributed by atoms with E-state index in [9.17, 15) is 0 Å². The first-order valence-corrected chi connectivity index (χ1v) is 6.33. The van der Waals surface area contributed by atoms with E-state index >= 15 is 0 Å². The largest absolute Gasteiger partial charge is 0.351 e. The number of hydrogen-bond acceptors (Lipinski definition) is 4. The number of hydrogen-bond donors (Lipinski definition) is 1. The van der Waals surface area contributed by atoms with Crippen LogP contribution in [-0.2, 0) is 6.54 Å². The molecule has 2 rings (SSSR count). The third-order valence-corrected chi connectivity index (χ3v) is 2.82. The lowest BCUT2D eigenvalue weighted by atomic mass is 10.2. The highest BCUT2D eigenvalue weighted by Gasteiger charge is 2.08. The summed E-state index contributed by atoms with van der Waals surface area (Å²) in [5, 5.41) is 11.9. The third kappa shape index (κ3) is 3.53. The molecule has 4 nitrogen and oxygen atoms in total. The molecule has 17 heavy (non-hydrogen) atoms. The highest BCUT2D eigenvalue weighted by molar-refractivity contribution is 5.39. The topological polar surface area (TPSA) is 41.0 Å². The number of rotatable bonds is 5. The summed E-state index contributed by atoms with van der Waals surface area (Å²) in [6.07, 6.45) is 6.64. The van der Waals surface area contributed by atoms with Crippen molar-refractivity contribution in [2.24, 2.45) is 0 Å². The Morgan fingerprint density at radius 1 is 1.29 bits per heavy atom. The molecule has 0 radical (unpaired) electrons. The molecule has 0 amide bonds. The highest BCUT2D eigenvalue weighted by atomic mass is 15.3. The minimum atomic E-state index is 0.807. The molecule has 0 aliphatic carbocycles. The molecule has 0 saturated heterocycles. The summed E-state index contributed by atoms with van der Waals surface area (Å²) in [5.41, 5.74) is 1.01. The standard InChI is InChI=1S/C13H20N4/c1-2-8-14-11-12-6-7-13(16-15-12)17-9-4-3-5-10-17/h3-4,6-7,14H,2,5,8-11H2,1H3. The molecule has 0 bridgehead atoms. The number of anilines is 1. The van der Waals surface area contributed by atoms with Crippen molar-refractivity contribution in [2.45, 2.75) is 26.3 Å². The lowest BCUT2D eigenvalue weighted by Crippen LogP contribution is -2.28. The molecule has 0 spiro atoms. The average molecular weight is 232 g/mol. The zero-order valence-corrected chi connectivity index (χ0v) is 10.4. The molecule has 2 heterocycles. The summed E-state index contributed by atoms with van der Waals surface area (Å²) in [6, 6.07) is 4.12. The van der Waals surface area contributed by atoms with Gasteiger partial charge in [-0.25, -0.2) is 0 Å². The van der Waals surface area contributed by atoms with Gasteiger partial charge < -0.3 is 10.2 Å². The van der Waals surface area contributed by atoms with Crippen LogP contribution >= 0.6 is 0 Å². The van der Waals surface area contributed by atoms with Gasteiger partial charge in [-0.05, 0) is 31.5 Å². The second-order valence-corrected chi connectivity index (χ2v) is 4.27. The van der Waals surface area contributed by atoms with Gasteiger partial charge in [0.15, 0.2) is 5.82 Å². The lowest BCUT2D eigenvalue weighted by molar-refractivity contribution is 0.655. The van der Waals surface area contributed by atoms with Crippen molar-refractivity contribution in [3.63, 3.8) is 0 Å². The molecule has 4 heteroatoms. The maximum absolute atomic E-state index is 4.28. The fourth-order valence-corrected chi connectivity index (χ4v) is 1.86. The van der Waals surface area contributed by atoms with Gasteiger partial charge >= 0.3 is 0 Å². The summed E-state index contributed by atoms with van der Waals surface area (Å²) >= 11 is 0. The minimum absolute atomic E-state index is 0.807. The van der Waals surface area contributed by atoms with Gasteiger partial charge in [0.2, 0.25) is 0 Å². The first-order chi connectivity index (χ1) is 8.40. The Hall–Kier alpha value is -1.42. The van der Waals surface area contributed by atoms with Crippen molar-refractivity contribution in [3.8, 4) is 0 Å². The molecular weight excluding hydrogens is 212 g/mol. The van der Waals surface area contributed by atoms with E-state index in [4.69, 9.17) is 0 Å². The normalized spacial score (nSPS) is 15.2. The van der Waals surface area contributed by atoms with Crippen LogP contribution < -0.4 is 10.2 Å². The highest BCUT2D eigenvalue weighted by Crippen LogP contribution is 2.12. The Morgan fingerprint density at radius 3 is 2.88 bits per heavy atom. The number of aromatic nitrogens is 2. The van der Waals surface area contributed by atoms with Crippen molar-refractivity contribution in [1.29, 1.82) is 0 Å². The van der Waals surface area contributed by atoms with Crippen molar-refractivity contribution >= 4 is 5.82 Å². The van der Waals surface area contributed by atoms with E-state index in [1.54, 1.807) is 0 Å². The molecular formula is C13H20N4. The van der Waals surface area contributed by atoms with E-state index in [0.717, 1.165) is 50.5 Å². The smallest absolute Gasteiger partial charge is 0.151 e. The Bertz CT molecular complexity index is 358. The van der Waals surface area contributed by atoms with Crippen molar-refractivity contribution in [3.05, 3.63) is 30.0 Å².